The molecule has 0 saturated heterocycles. The van der Waals surface area contributed by atoms with Crippen LogP contribution in [-0.4, -0.2) is 11.5 Å². The standard InChI is InChI=1S/C12H12Cl2N2S/c13-11-3-1-2-9(12(11)14)6-15-5-4-10-7-17-8-16-10/h1-3,7-8,15H,4-6H2. The molecule has 0 aliphatic rings. The first-order chi connectivity index (χ1) is 8.27. The van der Waals surface area contributed by atoms with Crippen molar-refractivity contribution in [3.63, 3.8) is 0 Å². The van der Waals surface area contributed by atoms with Gasteiger partial charge in [0, 0.05) is 24.9 Å². The third kappa shape index (κ3) is 3.68. The molecular formula is C12H12Cl2N2S. The fraction of sp³-hybridized carbons (Fsp3) is 0.250. The van der Waals surface area contributed by atoms with E-state index in [0.717, 1.165) is 30.8 Å². The van der Waals surface area contributed by atoms with Crippen LogP contribution in [0.5, 0.6) is 0 Å². The van der Waals surface area contributed by atoms with Crippen LogP contribution in [0.4, 0.5) is 0 Å². The summed E-state index contributed by atoms with van der Waals surface area (Å²) in [4.78, 5) is 4.22. The van der Waals surface area contributed by atoms with Crippen LogP contribution in [0.25, 0.3) is 0 Å². The summed E-state index contributed by atoms with van der Waals surface area (Å²) < 4.78 is 0. The van der Waals surface area contributed by atoms with Gasteiger partial charge in [0.05, 0.1) is 21.2 Å². The Bertz CT molecular complexity index is 471. The number of aromatic nitrogens is 1. The number of hydrogen-bond donors (Lipinski definition) is 1. The smallest absolute Gasteiger partial charge is 0.0794 e. The average Bonchev–Trinajstić information content (AvgIpc) is 2.83. The van der Waals surface area contributed by atoms with Gasteiger partial charge in [-0.15, -0.1) is 11.3 Å². The molecule has 0 fully saturated rings. The SMILES string of the molecule is Clc1cccc(CNCCc2cscn2)c1Cl. The quantitative estimate of drug-likeness (QED) is 0.846. The van der Waals surface area contributed by atoms with Gasteiger partial charge in [0.1, 0.15) is 0 Å². The Morgan fingerprint density at radius 2 is 2.18 bits per heavy atom. The van der Waals surface area contributed by atoms with Crippen LogP contribution < -0.4 is 5.32 Å². The molecule has 0 bridgehead atoms. The van der Waals surface area contributed by atoms with Crippen LogP contribution in [0, 0.1) is 0 Å². The van der Waals surface area contributed by atoms with Gasteiger partial charge in [-0.2, -0.15) is 0 Å². The van der Waals surface area contributed by atoms with Crippen molar-refractivity contribution in [2.75, 3.05) is 6.54 Å². The van der Waals surface area contributed by atoms with Gasteiger partial charge < -0.3 is 5.32 Å². The summed E-state index contributed by atoms with van der Waals surface area (Å²) in [6, 6.07) is 5.68. The molecule has 90 valence electrons. The van der Waals surface area contributed by atoms with Gasteiger partial charge in [-0.3, -0.25) is 0 Å². The van der Waals surface area contributed by atoms with Crippen molar-refractivity contribution in [3.8, 4) is 0 Å². The lowest BCUT2D eigenvalue weighted by atomic mass is 10.2. The summed E-state index contributed by atoms with van der Waals surface area (Å²) in [5, 5.41) is 6.63. The lowest BCUT2D eigenvalue weighted by Gasteiger charge is -2.06. The average molecular weight is 287 g/mol. The number of hydrogen-bond acceptors (Lipinski definition) is 3. The molecule has 1 aromatic carbocycles. The second kappa shape index (κ2) is 6.36. The number of nitrogens with zero attached hydrogens (tertiary/aromatic N) is 1. The summed E-state index contributed by atoms with van der Waals surface area (Å²) in [6.07, 6.45) is 0.932. The van der Waals surface area contributed by atoms with Crippen molar-refractivity contribution in [1.29, 1.82) is 0 Å². The fourth-order valence-corrected chi connectivity index (χ4v) is 2.47. The Morgan fingerprint density at radius 3 is 2.94 bits per heavy atom. The summed E-state index contributed by atoms with van der Waals surface area (Å²) in [5.74, 6) is 0. The molecule has 1 N–H and O–H groups in total. The Kier molecular flexibility index (Phi) is 4.80. The van der Waals surface area contributed by atoms with E-state index in [1.54, 1.807) is 17.4 Å². The molecule has 1 heterocycles. The predicted molar refractivity (Wildman–Crippen MR) is 74.0 cm³/mol. The van der Waals surface area contributed by atoms with Gasteiger partial charge in [-0.05, 0) is 11.6 Å². The number of nitrogens with one attached hydrogen (secondary N) is 1. The zero-order valence-corrected chi connectivity index (χ0v) is 11.4. The van der Waals surface area contributed by atoms with Gasteiger partial charge >= 0.3 is 0 Å². The van der Waals surface area contributed by atoms with E-state index in [-0.39, 0.29) is 0 Å². The minimum Gasteiger partial charge on any atom is -0.312 e. The number of halogens is 2. The summed E-state index contributed by atoms with van der Waals surface area (Å²) in [7, 11) is 0. The second-order valence-electron chi connectivity index (χ2n) is 3.62. The third-order valence-corrected chi connectivity index (χ3v) is 3.88. The highest BCUT2D eigenvalue weighted by molar-refractivity contribution is 7.07. The van der Waals surface area contributed by atoms with Gasteiger partial charge in [-0.1, -0.05) is 35.3 Å². The Hall–Kier alpha value is -0.610. The fourth-order valence-electron chi connectivity index (χ4n) is 1.49. The second-order valence-corrected chi connectivity index (χ2v) is 5.12. The molecule has 0 aliphatic heterocycles. The number of thiazole rings is 1. The Balaban J connectivity index is 1.80. The summed E-state index contributed by atoms with van der Waals surface area (Å²) in [6.45, 7) is 1.61. The maximum atomic E-state index is 6.09. The first kappa shape index (κ1) is 12.8. The first-order valence-corrected chi connectivity index (χ1v) is 6.98. The van der Waals surface area contributed by atoms with Crippen molar-refractivity contribution >= 4 is 34.5 Å². The summed E-state index contributed by atoms with van der Waals surface area (Å²) >= 11 is 13.6. The Labute approximate surface area is 115 Å². The van der Waals surface area contributed by atoms with E-state index in [2.05, 4.69) is 15.7 Å². The van der Waals surface area contributed by atoms with E-state index in [1.165, 1.54) is 0 Å². The maximum absolute atomic E-state index is 6.09. The minimum absolute atomic E-state index is 0.602. The Morgan fingerprint density at radius 1 is 1.29 bits per heavy atom. The molecular weight excluding hydrogens is 275 g/mol. The van der Waals surface area contributed by atoms with E-state index >= 15 is 0 Å². The normalized spacial score (nSPS) is 10.7. The monoisotopic (exact) mass is 286 g/mol. The summed E-state index contributed by atoms with van der Waals surface area (Å²) in [5.41, 5.74) is 4.00. The highest BCUT2D eigenvalue weighted by Gasteiger charge is 2.03. The number of benzene rings is 1. The molecule has 2 aromatic rings. The van der Waals surface area contributed by atoms with Crippen molar-refractivity contribution in [3.05, 3.63) is 50.4 Å². The van der Waals surface area contributed by atoms with Crippen LogP contribution in [-0.2, 0) is 13.0 Å². The van der Waals surface area contributed by atoms with E-state index in [9.17, 15) is 0 Å². The highest BCUT2D eigenvalue weighted by atomic mass is 35.5. The molecule has 0 atom stereocenters. The molecule has 17 heavy (non-hydrogen) atoms. The lowest BCUT2D eigenvalue weighted by molar-refractivity contribution is 0.681. The molecule has 0 saturated carbocycles. The van der Waals surface area contributed by atoms with Crippen molar-refractivity contribution in [2.24, 2.45) is 0 Å². The predicted octanol–water partition coefficient (Wildman–Crippen LogP) is 3.78. The van der Waals surface area contributed by atoms with Crippen LogP contribution in [0.15, 0.2) is 29.1 Å². The molecule has 0 radical (unpaired) electrons. The third-order valence-electron chi connectivity index (χ3n) is 2.39. The van der Waals surface area contributed by atoms with Gasteiger partial charge in [-0.25, -0.2) is 4.98 Å². The van der Waals surface area contributed by atoms with Gasteiger partial charge in [0.2, 0.25) is 0 Å². The lowest BCUT2D eigenvalue weighted by Crippen LogP contribution is -2.17. The topological polar surface area (TPSA) is 24.9 Å². The van der Waals surface area contributed by atoms with Gasteiger partial charge in [0.15, 0.2) is 0 Å². The highest BCUT2D eigenvalue weighted by Crippen LogP contribution is 2.25. The van der Waals surface area contributed by atoms with Crippen LogP contribution in [0.3, 0.4) is 0 Å². The van der Waals surface area contributed by atoms with E-state index in [4.69, 9.17) is 23.2 Å². The minimum atomic E-state index is 0.602. The van der Waals surface area contributed by atoms with Crippen LogP contribution in [0.1, 0.15) is 11.3 Å². The van der Waals surface area contributed by atoms with Crippen LogP contribution >= 0.6 is 34.5 Å². The zero-order chi connectivity index (χ0) is 12.1. The number of rotatable bonds is 5. The molecule has 0 aliphatic carbocycles. The van der Waals surface area contributed by atoms with Crippen molar-refractivity contribution in [2.45, 2.75) is 13.0 Å². The van der Waals surface area contributed by atoms with Gasteiger partial charge in [0.25, 0.3) is 0 Å². The van der Waals surface area contributed by atoms with Crippen LogP contribution in [0.2, 0.25) is 10.0 Å². The first-order valence-electron chi connectivity index (χ1n) is 5.28. The molecule has 0 spiro atoms. The van der Waals surface area contributed by atoms with E-state index in [1.807, 2.05) is 17.6 Å². The van der Waals surface area contributed by atoms with Crippen molar-refractivity contribution < 1.29 is 0 Å². The zero-order valence-electron chi connectivity index (χ0n) is 9.12. The molecule has 0 unspecified atom stereocenters. The van der Waals surface area contributed by atoms with E-state index < -0.39 is 0 Å². The molecule has 0 amide bonds. The maximum Gasteiger partial charge on any atom is 0.0794 e. The van der Waals surface area contributed by atoms with E-state index in [0.29, 0.717) is 10.0 Å². The largest absolute Gasteiger partial charge is 0.312 e. The molecule has 2 nitrogen and oxygen atoms in total. The molecule has 2 rings (SSSR count). The molecule has 1 aromatic heterocycles. The molecule has 5 heteroatoms. The van der Waals surface area contributed by atoms with Crippen molar-refractivity contribution in [1.82, 2.24) is 10.3 Å².